The molecule has 158 valence electrons. The number of nitrogens with zero attached hydrogens (tertiary/aromatic N) is 1. The molecule has 0 aliphatic rings. The SMILES string of the molecule is O=C(CCC(=O)Nc1cccc(Cl)c1)N/N=C/c1ccccc1OCc1ccccc1. The van der Waals surface area contributed by atoms with E-state index < -0.39 is 0 Å². The number of hydrogen-bond acceptors (Lipinski definition) is 4. The van der Waals surface area contributed by atoms with Crippen LogP contribution in [0.4, 0.5) is 5.69 Å². The third-order valence-corrected chi connectivity index (χ3v) is 4.47. The van der Waals surface area contributed by atoms with E-state index in [1.165, 1.54) is 6.21 Å². The Morgan fingerprint density at radius 3 is 2.45 bits per heavy atom. The molecule has 0 saturated heterocycles. The van der Waals surface area contributed by atoms with Crippen molar-refractivity contribution in [2.45, 2.75) is 19.4 Å². The molecule has 0 bridgehead atoms. The van der Waals surface area contributed by atoms with Gasteiger partial charge < -0.3 is 10.1 Å². The van der Waals surface area contributed by atoms with Gasteiger partial charge in [-0.25, -0.2) is 5.43 Å². The number of ether oxygens (including phenoxy) is 1. The van der Waals surface area contributed by atoms with Crippen LogP contribution in [0.5, 0.6) is 5.75 Å². The molecule has 0 aromatic heterocycles. The summed E-state index contributed by atoms with van der Waals surface area (Å²) < 4.78 is 5.86. The van der Waals surface area contributed by atoms with Crippen LogP contribution in [0.3, 0.4) is 0 Å². The maximum Gasteiger partial charge on any atom is 0.240 e. The molecule has 0 aliphatic carbocycles. The first kappa shape index (κ1) is 22.1. The van der Waals surface area contributed by atoms with Crippen LogP contribution in [-0.4, -0.2) is 18.0 Å². The van der Waals surface area contributed by atoms with Gasteiger partial charge in [-0.2, -0.15) is 5.10 Å². The van der Waals surface area contributed by atoms with Gasteiger partial charge in [0.15, 0.2) is 0 Å². The molecule has 31 heavy (non-hydrogen) atoms. The zero-order valence-electron chi connectivity index (χ0n) is 16.8. The van der Waals surface area contributed by atoms with Gasteiger partial charge in [-0.15, -0.1) is 0 Å². The zero-order chi connectivity index (χ0) is 21.9. The molecule has 0 atom stereocenters. The van der Waals surface area contributed by atoms with Gasteiger partial charge in [0.2, 0.25) is 11.8 Å². The molecule has 0 spiro atoms. The minimum absolute atomic E-state index is 0.00981. The van der Waals surface area contributed by atoms with Crippen molar-refractivity contribution < 1.29 is 14.3 Å². The number of rotatable bonds is 9. The molecule has 0 unspecified atom stereocenters. The molecular weight excluding hydrogens is 414 g/mol. The summed E-state index contributed by atoms with van der Waals surface area (Å²) in [7, 11) is 0. The van der Waals surface area contributed by atoms with E-state index in [1.54, 1.807) is 24.3 Å². The number of para-hydroxylation sites is 1. The standard InChI is InChI=1S/C24H22ClN3O3/c25-20-10-6-11-21(15-20)27-23(29)13-14-24(30)28-26-16-19-9-4-5-12-22(19)31-17-18-7-2-1-3-8-18/h1-12,15-16H,13-14,17H2,(H,27,29)(H,28,30)/b26-16+. The molecule has 2 N–H and O–H groups in total. The summed E-state index contributed by atoms with van der Waals surface area (Å²) in [5, 5.41) is 7.20. The lowest BCUT2D eigenvalue weighted by Crippen LogP contribution is -2.20. The molecule has 7 heteroatoms. The molecule has 3 aromatic carbocycles. The Labute approximate surface area is 185 Å². The molecule has 0 radical (unpaired) electrons. The van der Waals surface area contributed by atoms with Crippen LogP contribution in [-0.2, 0) is 16.2 Å². The Morgan fingerprint density at radius 1 is 0.903 bits per heavy atom. The van der Waals surface area contributed by atoms with Crippen LogP contribution in [0.2, 0.25) is 5.02 Å². The second-order valence-electron chi connectivity index (χ2n) is 6.66. The van der Waals surface area contributed by atoms with Gasteiger partial charge in [-0.1, -0.05) is 60.1 Å². The number of nitrogens with one attached hydrogen (secondary N) is 2. The van der Waals surface area contributed by atoms with Crippen molar-refractivity contribution in [3.05, 3.63) is 95.0 Å². The van der Waals surface area contributed by atoms with Crippen molar-refractivity contribution >= 4 is 35.3 Å². The summed E-state index contributed by atoms with van der Waals surface area (Å²) >= 11 is 5.89. The number of halogens is 1. The number of amides is 2. The monoisotopic (exact) mass is 435 g/mol. The largest absolute Gasteiger partial charge is 0.488 e. The lowest BCUT2D eigenvalue weighted by Gasteiger charge is -2.09. The zero-order valence-corrected chi connectivity index (χ0v) is 17.5. The highest BCUT2D eigenvalue weighted by Crippen LogP contribution is 2.18. The highest BCUT2D eigenvalue weighted by molar-refractivity contribution is 6.30. The summed E-state index contributed by atoms with van der Waals surface area (Å²) in [6, 6.07) is 24.1. The van der Waals surface area contributed by atoms with E-state index >= 15 is 0 Å². The maximum absolute atomic E-state index is 12.0. The number of hydrazone groups is 1. The van der Waals surface area contributed by atoms with Gasteiger partial charge in [-0.3, -0.25) is 9.59 Å². The van der Waals surface area contributed by atoms with Gasteiger partial charge in [0.1, 0.15) is 12.4 Å². The van der Waals surface area contributed by atoms with Crippen LogP contribution < -0.4 is 15.5 Å². The minimum Gasteiger partial charge on any atom is -0.488 e. The summed E-state index contributed by atoms with van der Waals surface area (Å²) in [5.41, 5.74) is 4.81. The molecule has 6 nitrogen and oxygen atoms in total. The fraction of sp³-hybridized carbons (Fsp3) is 0.125. The van der Waals surface area contributed by atoms with Crippen LogP contribution >= 0.6 is 11.6 Å². The Kier molecular flexibility index (Phi) is 8.20. The Bertz CT molecular complexity index is 1050. The van der Waals surface area contributed by atoms with Gasteiger partial charge in [-0.05, 0) is 35.9 Å². The molecule has 0 saturated carbocycles. The first-order valence-corrected chi connectivity index (χ1v) is 10.1. The van der Waals surface area contributed by atoms with Crippen molar-refractivity contribution in [1.82, 2.24) is 5.43 Å². The van der Waals surface area contributed by atoms with Gasteiger partial charge in [0.25, 0.3) is 0 Å². The first-order chi connectivity index (χ1) is 15.1. The van der Waals surface area contributed by atoms with Crippen LogP contribution in [0.1, 0.15) is 24.0 Å². The minimum atomic E-state index is -0.361. The van der Waals surface area contributed by atoms with E-state index in [0.717, 1.165) is 11.1 Å². The van der Waals surface area contributed by atoms with Crippen molar-refractivity contribution in [2.75, 3.05) is 5.32 Å². The van der Waals surface area contributed by atoms with Crippen molar-refractivity contribution in [3.8, 4) is 5.75 Å². The predicted molar refractivity (Wildman–Crippen MR) is 122 cm³/mol. The second kappa shape index (κ2) is 11.5. The molecule has 2 amide bonds. The predicted octanol–water partition coefficient (Wildman–Crippen LogP) is 4.79. The van der Waals surface area contributed by atoms with Gasteiger partial charge >= 0.3 is 0 Å². The Balaban J connectivity index is 1.45. The summed E-state index contributed by atoms with van der Waals surface area (Å²) in [5.74, 6) is 0.0199. The highest BCUT2D eigenvalue weighted by atomic mass is 35.5. The summed E-state index contributed by atoms with van der Waals surface area (Å²) in [4.78, 5) is 24.0. The average Bonchev–Trinajstić information content (AvgIpc) is 2.78. The van der Waals surface area contributed by atoms with Crippen LogP contribution in [0.15, 0.2) is 84.0 Å². The Hall–Kier alpha value is -3.64. The molecule has 0 aliphatic heterocycles. The Morgan fingerprint density at radius 2 is 1.65 bits per heavy atom. The summed E-state index contributed by atoms with van der Waals surface area (Å²) in [6.07, 6.45) is 1.56. The molecule has 0 heterocycles. The first-order valence-electron chi connectivity index (χ1n) is 9.73. The van der Waals surface area contributed by atoms with E-state index in [1.807, 2.05) is 54.6 Å². The number of hydrogen-bond donors (Lipinski definition) is 2. The fourth-order valence-electron chi connectivity index (χ4n) is 2.70. The third-order valence-electron chi connectivity index (χ3n) is 4.24. The van der Waals surface area contributed by atoms with E-state index in [4.69, 9.17) is 16.3 Å². The summed E-state index contributed by atoms with van der Waals surface area (Å²) in [6.45, 7) is 0.430. The van der Waals surface area contributed by atoms with Crippen molar-refractivity contribution in [2.24, 2.45) is 5.10 Å². The lowest BCUT2D eigenvalue weighted by atomic mass is 10.2. The smallest absolute Gasteiger partial charge is 0.240 e. The number of carbonyl (C=O) groups excluding carboxylic acids is 2. The third kappa shape index (κ3) is 7.60. The second-order valence-corrected chi connectivity index (χ2v) is 7.10. The number of benzene rings is 3. The van der Waals surface area contributed by atoms with Crippen molar-refractivity contribution in [1.29, 1.82) is 0 Å². The number of carbonyl (C=O) groups is 2. The highest BCUT2D eigenvalue weighted by Gasteiger charge is 2.07. The van der Waals surface area contributed by atoms with Gasteiger partial charge in [0.05, 0.1) is 6.21 Å². The topological polar surface area (TPSA) is 79.8 Å². The molecular formula is C24H22ClN3O3. The normalized spacial score (nSPS) is 10.6. The van der Waals surface area contributed by atoms with E-state index in [0.29, 0.717) is 23.1 Å². The maximum atomic E-state index is 12.0. The lowest BCUT2D eigenvalue weighted by molar-refractivity contribution is -0.124. The van der Waals surface area contributed by atoms with E-state index in [-0.39, 0.29) is 24.7 Å². The van der Waals surface area contributed by atoms with Gasteiger partial charge in [0, 0.05) is 29.1 Å². The van der Waals surface area contributed by atoms with E-state index in [9.17, 15) is 9.59 Å². The van der Waals surface area contributed by atoms with Crippen molar-refractivity contribution in [3.63, 3.8) is 0 Å². The molecule has 3 rings (SSSR count). The quantitative estimate of drug-likeness (QED) is 0.374. The average molecular weight is 436 g/mol. The number of anilines is 1. The van der Waals surface area contributed by atoms with Crippen LogP contribution in [0, 0.1) is 0 Å². The molecule has 0 fully saturated rings. The fourth-order valence-corrected chi connectivity index (χ4v) is 2.89. The van der Waals surface area contributed by atoms with Crippen LogP contribution in [0.25, 0.3) is 0 Å². The molecule has 3 aromatic rings. The van der Waals surface area contributed by atoms with E-state index in [2.05, 4.69) is 15.8 Å².